The first-order chi connectivity index (χ1) is 18.5. The van der Waals surface area contributed by atoms with Crippen LogP contribution < -0.4 is 27.4 Å². The molecule has 1 aromatic heterocycles. The zero-order valence-corrected chi connectivity index (χ0v) is 22.1. The zero-order valence-electron chi connectivity index (χ0n) is 21.3. The van der Waals surface area contributed by atoms with E-state index in [1.54, 1.807) is 18.4 Å². The van der Waals surface area contributed by atoms with Crippen molar-refractivity contribution in [3.05, 3.63) is 48.0 Å². The Balaban J connectivity index is 2.21. The number of phenols is 1. The van der Waals surface area contributed by atoms with Gasteiger partial charge in [0.25, 0.3) is 0 Å². The number of nitrogens with one attached hydrogen (secondary N) is 4. The molecule has 15 heteroatoms. The summed E-state index contributed by atoms with van der Waals surface area (Å²) in [5, 5.41) is 26.3. The second kappa shape index (κ2) is 15.3. The lowest BCUT2D eigenvalue weighted by Crippen LogP contribution is -2.58. The number of H-pyrrole nitrogens is 1. The summed E-state index contributed by atoms with van der Waals surface area (Å²) in [6.45, 7) is 0. The summed E-state index contributed by atoms with van der Waals surface area (Å²) in [7, 11) is 0. The number of amides is 4. The molecule has 10 N–H and O–H groups in total. The van der Waals surface area contributed by atoms with Crippen LogP contribution in [0.15, 0.2) is 36.8 Å². The monoisotopic (exact) mass is 563 g/mol. The molecule has 1 aromatic carbocycles. The van der Waals surface area contributed by atoms with Crippen molar-refractivity contribution >= 4 is 41.4 Å². The van der Waals surface area contributed by atoms with E-state index in [0.29, 0.717) is 17.0 Å². The smallest absolute Gasteiger partial charge is 0.326 e. The Morgan fingerprint density at radius 2 is 1.59 bits per heavy atom. The van der Waals surface area contributed by atoms with E-state index in [1.165, 1.54) is 36.4 Å². The number of primary amides is 1. The first-order valence-electron chi connectivity index (χ1n) is 11.9. The summed E-state index contributed by atoms with van der Waals surface area (Å²) in [5.41, 5.74) is 12.3. The van der Waals surface area contributed by atoms with Gasteiger partial charge in [-0.25, -0.2) is 9.78 Å². The Hall–Kier alpha value is -4.11. The molecule has 4 amide bonds. The highest BCUT2D eigenvalue weighted by Gasteiger charge is 2.31. The third-order valence-electron chi connectivity index (χ3n) is 5.60. The fourth-order valence-electron chi connectivity index (χ4n) is 3.53. The average Bonchev–Trinajstić information content (AvgIpc) is 3.39. The molecule has 1 heterocycles. The van der Waals surface area contributed by atoms with Gasteiger partial charge in [0.15, 0.2) is 0 Å². The Labute approximate surface area is 228 Å². The van der Waals surface area contributed by atoms with Crippen molar-refractivity contribution in [2.45, 2.75) is 49.9 Å². The Kier molecular flexibility index (Phi) is 12.2. The van der Waals surface area contributed by atoms with Crippen LogP contribution in [0.3, 0.4) is 0 Å². The van der Waals surface area contributed by atoms with E-state index in [0.717, 1.165) is 0 Å². The number of benzene rings is 1. The molecule has 0 spiro atoms. The van der Waals surface area contributed by atoms with Crippen molar-refractivity contribution in [2.24, 2.45) is 11.5 Å². The van der Waals surface area contributed by atoms with E-state index in [-0.39, 0.29) is 25.0 Å². The van der Waals surface area contributed by atoms with E-state index >= 15 is 0 Å². The molecule has 39 heavy (non-hydrogen) atoms. The van der Waals surface area contributed by atoms with Gasteiger partial charge >= 0.3 is 5.97 Å². The van der Waals surface area contributed by atoms with Crippen LogP contribution in [0.4, 0.5) is 0 Å². The third-order valence-corrected chi connectivity index (χ3v) is 6.25. The van der Waals surface area contributed by atoms with Gasteiger partial charge in [-0.05, 0) is 36.1 Å². The minimum atomic E-state index is -1.57. The number of aromatic hydroxyl groups is 1. The number of hydrogen-bond acceptors (Lipinski definition) is 9. The van der Waals surface area contributed by atoms with E-state index in [2.05, 4.69) is 25.9 Å². The Morgan fingerprint density at radius 1 is 0.974 bits per heavy atom. The van der Waals surface area contributed by atoms with Crippen LogP contribution in [-0.2, 0) is 36.8 Å². The highest BCUT2D eigenvalue weighted by atomic mass is 32.2. The molecule has 2 rings (SSSR count). The fraction of sp³-hybridized carbons (Fsp3) is 0.417. The lowest BCUT2D eigenvalue weighted by molar-refractivity contribution is -0.143. The quantitative estimate of drug-likeness (QED) is 0.116. The van der Waals surface area contributed by atoms with Gasteiger partial charge in [0.1, 0.15) is 23.9 Å². The van der Waals surface area contributed by atoms with Gasteiger partial charge in [0, 0.05) is 24.7 Å². The van der Waals surface area contributed by atoms with Crippen LogP contribution in [0.5, 0.6) is 5.75 Å². The predicted octanol–water partition coefficient (Wildman–Crippen LogP) is -1.60. The van der Waals surface area contributed by atoms with E-state index in [4.69, 9.17) is 11.5 Å². The number of thioether (sulfide) groups is 1. The molecule has 0 aliphatic rings. The molecule has 0 fully saturated rings. The number of rotatable bonds is 16. The first kappa shape index (κ1) is 31.1. The number of nitrogens with zero attached hydrogens (tertiary/aromatic N) is 1. The van der Waals surface area contributed by atoms with Gasteiger partial charge in [-0.3, -0.25) is 19.2 Å². The molecule has 14 nitrogen and oxygen atoms in total. The van der Waals surface area contributed by atoms with Crippen molar-refractivity contribution in [1.82, 2.24) is 25.9 Å². The van der Waals surface area contributed by atoms with Crippen LogP contribution >= 0.6 is 11.8 Å². The zero-order chi connectivity index (χ0) is 28.9. The van der Waals surface area contributed by atoms with E-state index in [1.807, 2.05) is 0 Å². The molecule has 0 bridgehead atoms. The van der Waals surface area contributed by atoms with Crippen molar-refractivity contribution in [3.8, 4) is 5.75 Å². The number of carbonyl (C=O) groups is 5. The summed E-state index contributed by atoms with van der Waals surface area (Å²) in [4.78, 5) is 68.5. The lowest BCUT2D eigenvalue weighted by atomic mass is 10.0. The summed E-state index contributed by atoms with van der Waals surface area (Å²) in [6, 6.07) is 1.08. The number of imidazole rings is 1. The molecule has 0 aliphatic carbocycles. The van der Waals surface area contributed by atoms with Gasteiger partial charge in [0.2, 0.25) is 23.6 Å². The molecule has 0 saturated carbocycles. The first-order valence-corrected chi connectivity index (χ1v) is 13.3. The number of aromatic nitrogens is 2. The van der Waals surface area contributed by atoms with E-state index in [9.17, 15) is 34.2 Å². The Bertz CT molecular complexity index is 1130. The largest absolute Gasteiger partial charge is 0.508 e. The average molecular weight is 564 g/mol. The molecule has 0 aliphatic heterocycles. The minimum Gasteiger partial charge on any atom is -0.508 e. The second-order valence-corrected chi connectivity index (χ2v) is 9.72. The number of carboxylic acids is 1. The second-order valence-electron chi connectivity index (χ2n) is 8.73. The van der Waals surface area contributed by atoms with Crippen LogP contribution in [-0.4, -0.2) is 86.0 Å². The molecule has 4 unspecified atom stereocenters. The van der Waals surface area contributed by atoms with Gasteiger partial charge in [-0.2, -0.15) is 11.8 Å². The summed E-state index contributed by atoms with van der Waals surface area (Å²) in [5.74, 6) is -4.08. The maximum absolute atomic E-state index is 13.4. The number of nitrogens with two attached hydrogens (primary N) is 2. The highest BCUT2D eigenvalue weighted by molar-refractivity contribution is 7.98. The summed E-state index contributed by atoms with van der Waals surface area (Å²) >= 11 is 1.40. The molecule has 212 valence electrons. The third kappa shape index (κ3) is 10.6. The van der Waals surface area contributed by atoms with Crippen molar-refractivity contribution in [2.75, 3.05) is 12.0 Å². The van der Waals surface area contributed by atoms with Gasteiger partial charge in [-0.1, -0.05) is 12.1 Å². The highest BCUT2D eigenvalue weighted by Crippen LogP contribution is 2.12. The number of carbonyl (C=O) groups excluding carboxylic acids is 4. The molecular weight excluding hydrogens is 530 g/mol. The van der Waals surface area contributed by atoms with Crippen molar-refractivity contribution < 1.29 is 34.2 Å². The van der Waals surface area contributed by atoms with E-state index < -0.39 is 60.2 Å². The van der Waals surface area contributed by atoms with Gasteiger partial charge < -0.3 is 42.6 Å². The standard InChI is InChI=1S/C24H33N7O7S/c1-39-7-6-17(22(35)31-19(24(37)38)10-20(26)33)29-23(36)18(8-13-2-4-15(32)5-3-13)30-21(34)16(25)9-14-11-27-12-28-14/h2-5,11-12,16-19,32H,6-10,25H2,1H3,(H2,26,33)(H,27,28)(H,29,36)(H,30,34)(H,31,35)(H,37,38). The minimum absolute atomic E-state index is 0.00488. The summed E-state index contributed by atoms with van der Waals surface area (Å²) < 4.78 is 0. The molecule has 2 aromatic rings. The number of aromatic amines is 1. The van der Waals surface area contributed by atoms with Gasteiger partial charge in [0.05, 0.1) is 18.8 Å². The summed E-state index contributed by atoms with van der Waals surface area (Å²) in [6.07, 6.45) is 4.40. The number of hydrogen-bond donors (Lipinski definition) is 8. The molecule has 0 radical (unpaired) electrons. The SMILES string of the molecule is CSCCC(NC(=O)C(Cc1ccc(O)cc1)NC(=O)C(N)Cc1cnc[nH]1)C(=O)NC(CC(N)=O)C(=O)O. The fourth-order valence-corrected chi connectivity index (χ4v) is 4.00. The predicted molar refractivity (Wildman–Crippen MR) is 142 cm³/mol. The van der Waals surface area contributed by atoms with Gasteiger partial charge in [-0.15, -0.1) is 0 Å². The van der Waals surface area contributed by atoms with Crippen molar-refractivity contribution in [1.29, 1.82) is 0 Å². The number of carboxylic acid groups (broad SMARTS) is 1. The molecule has 4 atom stereocenters. The number of phenolic OH excluding ortho intramolecular Hbond substituents is 1. The Morgan fingerprint density at radius 3 is 2.15 bits per heavy atom. The number of aliphatic carboxylic acids is 1. The van der Waals surface area contributed by atoms with Crippen LogP contribution in [0.25, 0.3) is 0 Å². The molecule has 0 saturated heterocycles. The van der Waals surface area contributed by atoms with Crippen molar-refractivity contribution in [3.63, 3.8) is 0 Å². The topological polar surface area (TPSA) is 243 Å². The normalized spacial score (nSPS) is 13.9. The maximum Gasteiger partial charge on any atom is 0.326 e. The molecular formula is C24H33N7O7S. The lowest BCUT2D eigenvalue weighted by Gasteiger charge is -2.25. The van der Waals surface area contributed by atoms with Crippen LogP contribution in [0, 0.1) is 0 Å². The maximum atomic E-state index is 13.4. The van der Waals surface area contributed by atoms with Crippen LogP contribution in [0.2, 0.25) is 0 Å². The van der Waals surface area contributed by atoms with Crippen LogP contribution in [0.1, 0.15) is 24.1 Å².